The summed E-state index contributed by atoms with van der Waals surface area (Å²) in [5.41, 5.74) is 4.12. The lowest BCUT2D eigenvalue weighted by atomic mass is 9.98. The molecule has 0 aliphatic carbocycles. The minimum Gasteiger partial charge on any atom is -0.374 e. The van der Waals surface area contributed by atoms with Crippen LogP contribution < -0.4 is 5.32 Å². The van der Waals surface area contributed by atoms with E-state index in [2.05, 4.69) is 29.6 Å². The Bertz CT molecular complexity index is 793. The lowest BCUT2D eigenvalue weighted by Crippen LogP contribution is -2.13. The van der Waals surface area contributed by atoms with Gasteiger partial charge in [-0.15, -0.1) is 0 Å². The summed E-state index contributed by atoms with van der Waals surface area (Å²) in [6.45, 7) is 1.88. The zero-order valence-electron chi connectivity index (χ0n) is 13.3. The van der Waals surface area contributed by atoms with Crippen LogP contribution in [0.3, 0.4) is 0 Å². The van der Waals surface area contributed by atoms with E-state index in [-0.39, 0.29) is 16.7 Å². The Kier molecular flexibility index (Phi) is 4.57. The van der Waals surface area contributed by atoms with Gasteiger partial charge in [0.2, 0.25) is 0 Å². The van der Waals surface area contributed by atoms with Crippen LogP contribution in [-0.4, -0.2) is 4.92 Å². The second-order valence-electron chi connectivity index (χ2n) is 5.66. The van der Waals surface area contributed by atoms with E-state index in [0.717, 1.165) is 22.4 Å². The molecular weight excluding hydrogens is 300 g/mol. The van der Waals surface area contributed by atoms with Crippen LogP contribution in [0.5, 0.6) is 0 Å². The first-order chi connectivity index (χ1) is 11.6. The van der Waals surface area contributed by atoms with E-state index in [9.17, 15) is 10.1 Å². The standard InChI is InChI=1S/C20H18N2O2/c1-15-14-18(22(23)24)12-13-19(15)21-20(16-8-4-2-5-9-16)17-10-6-3-7-11-17/h2-14,20-21H,1H3. The average Bonchev–Trinajstić information content (AvgIpc) is 2.62. The van der Waals surface area contributed by atoms with Crippen LogP contribution in [0, 0.1) is 17.0 Å². The Labute approximate surface area is 140 Å². The topological polar surface area (TPSA) is 55.2 Å². The molecule has 4 nitrogen and oxygen atoms in total. The molecule has 1 N–H and O–H groups in total. The van der Waals surface area contributed by atoms with E-state index >= 15 is 0 Å². The van der Waals surface area contributed by atoms with Crippen LogP contribution in [0.4, 0.5) is 11.4 Å². The molecule has 0 atom stereocenters. The number of hydrogen-bond acceptors (Lipinski definition) is 3. The SMILES string of the molecule is Cc1cc([N+](=O)[O-])ccc1NC(c1ccccc1)c1ccccc1. The van der Waals surface area contributed by atoms with Crippen molar-refractivity contribution in [3.05, 3.63) is 106 Å². The average molecular weight is 318 g/mol. The van der Waals surface area contributed by atoms with Gasteiger partial charge in [-0.25, -0.2) is 0 Å². The fourth-order valence-electron chi connectivity index (χ4n) is 2.73. The number of non-ortho nitro benzene ring substituents is 1. The predicted octanol–water partition coefficient (Wildman–Crippen LogP) is 5.10. The van der Waals surface area contributed by atoms with Gasteiger partial charge < -0.3 is 5.32 Å². The Morgan fingerprint density at radius 3 is 1.88 bits per heavy atom. The maximum absolute atomic E-state index is 10.9. The third-order valence-corrected chi connectivity index (χ3v) is 3.99. The molecule has 0 unspecified atom stereocenters. The van der Waals surface area contributed by atoms with Gasteiger partial charge in [-0.3, -0.25) is 10.1 Å². The van der Waals surface area contributed by atoms with Crippen molar-refractivity contribution in [1.82, 2.24) is 0 Å². The van der Waals surface area contributed by atoms with E-state index in [1.807, 2.05) is 43.3 Å². The molecule has 0 bridgehead atoms. The van der Waals surface area contributed by atoms with Gasteiger partial charge >= 0.3 is 0 Å². The maximum atomic E-state index is 10.9. The lowest BCUT2D eigenvalue weighted by Gasteiger charge is -2.22. The summed E-state index contributed by atoms with van der Waals surface area (Å²) in [6.07, 6.45) is 0. The molecule has 3 aromatic carbocycles. The molecule has 0 heterocycles. The first-order valence-corrected chi connectivity index (χ1v) is 7.76. The van der Waals surface area contributed by atoms with E-state index in [0.29, 0.717) is 0 Å². The number of rotatable bonds is 5. The molecule has 3 aromatic rings. The van der Waals surface area contributed by atoms with Crippen molar-refractivity contribution in [2.75, 3.05) is 5.32 Å². The van der Waals surface area contributed by atoms with Crippen LogP contribution in [0.2, 0.25) is 0 Å². The Morgan fingerprint density at radius 1 is 0.875 bits per heavy atom. The van der Waals surface area contributed by atoms with Gasteiger partial charge in [0, 0.05) is 17.8 Å². The second-order valence-corrected chi connectivity index (χ2v) is 5.66. The van der Waals surface area contributed by atoms with Crippen molar-refractivity contribution in [2.24, 2.45) is 0 Å². The van der Waals surface area contributed by atoms with Gasteiger partial charge in [0.05, 0.1) is 11.0 Å². The summed E-state index contributed by atoms with van der Waals surface area (Å²) in [4.78, 5) is 10.5. The third kappa shape index (κ3) is 3.43. The van der Waals surface area contributed by atoms with Gasteiger partial charge in [0.15, 0.2) is 0 Å². The highest BCUT2D eigenvalue weighted by Gasteiger charge is 2.16. The molecule has 3 rings (SSSR count). The van der Waals surface area contributed by atoms with E-state index in [1.165, 1.54) is 6.07 Å². The summed E-state index contributed by atoms with van der Waals surface area (Å²) in [5, 5.41) is 14.4. The number of nitro groups is 1. The van der Waals surface area contributed by atoms with Crippen LogP contribution in [0.15, 0.2) is 78.9 Å². The minimum absolute atomic E-state index is 0.0208. The van der Waals surface area contributed by atoms with Crippen molar-refractivity contribution in [2.45, 2.75) is 13.0 Å². The van der Waals surface area contributed by atoms with Gasteiger partial charge in [-0.05, 0) is 29.7 Å². The Hall–Kier alpha value is -3.14. The smallest absolute Gasteiger partial charge is 0.269 e. The number of anilines is 1. The molecule has 4 heteroatoms. The first kappa shape index (κ1) is 15.7. The highest BCUT2D eigenvalue weighted by Crippen LogP contribution is 2.29. The normalized spacial score (nSPS) is 10.6. The number of hydrogen-bond donors (Lipinski definition) is 1. The van der Waals surface area contributed by atoms with E-state index in [1.54, 1.807) is 12.1 Å². The lowest BCUT2D eigenvalue weighted by molar-refractivity contribution is -0.384. The Balaban J connectivity index is 1.97. The molecule has 0 amide bonds. The summed E-state index contributed by atoms with van der Waals surface area (Å²) in [6, 6.07) is 25.2. The number of nitrogens with zero attached hydrogens (tertiary/aromatic N) is 1. The number of aryl methyl sites for hydroxylation is 1. The maximum Gasteiger partial charge on any atom is 0.269 e. The zero-order chi connectivity index (χ0) is 16.9. The van der Waals surface area contributed by atoms with Crippen LogP contribution in [-0.2, 0) is 0 Å². The molecule has 0 fully saturated rings. The van der Waals surface area contributed by atoms with Gasteiger partial charge in [-0.1, -0.05) is 60.7 Å². The molecule has 120 valence electrons. The largest absolute Gasteiger partial charge is 0.374 e. The third-order valence-electron chi connectivity index (χ3n) is 3.99. The van der Waals surface area contributed by atoms with Crippen LogP contribution in [0.1, 0.15) is 22.7 Å². The Morgan fingerprint density at radius 2 is 1.42 bits per heavy atom. The second kappa shape index (κ2) is 6.96. The summed E-state index contributed by atoms with van der Waals surface area (Å²) in [7, 11) is 0. The molecule has 24 heavy (non-hydrogen) atoms. The number of nitrogens with one attached hydrogen (secondary N) is 1. The quantitative estimate of drug-likeness (QED) is 0.525. The van der Waals surface area contributed by atoms with Crippen molar-refractivity contribution < 1.29 is 4.92 Å². The molecular formula is C20H18N2O2. The molecule has 0 spiro atoms. The molecule has 0 aromatic heterocycles. The van der Waals surface area contributed by atoms with Crippen LogP contribution in [0.25, 0.3) is 0 Å². The zero-order valence-corrected chi connectivity index (χ0v) is 13.3. The molecule has 0 aliphatic heterocycles. The summed E-state index contributed by atoms with van der Waals surface area (Å²) < 4.78 is 0. The van der Waals surface area contributed by atoms with Gasteiger partial charge in [-0.2, -0.15) is 0 Å². The van der Waals surface area contributed by atoms with E-state index in [4.69, 9.17) is 0 Å². The summed E-state index contributed by atoms with van der Waals surface area (Å²) >= 11 is 0. The number of benzene rings is 3. The van der Waals surface area contributed by atoms with Crippen molar-refractivity contribution >= 4 is 11.4 Å². The highest BCUT2D eigenvalue weighted by molar-refractivity contribution is 5.58. The van der Waals surface area contributed by atoms with Crippen LogP contribution >= 0.6 is 0 Å². The van der Waals surface area contributed by atoms with Crippen molar-refractivity contribution in [3.63, 3.8) is 0 Å². The molecule has 0 aliphatic rings. The first-order valence-electron chi connectivity index (χ1n) is 7.76. The monoisotopic (exact) mass is 318 g/mol. The van der Waals surface area contributed by atoms with E-state index < -0.39 is 0 Å². The van der Waals surface area contributed by atoms with Crippen molar-refractivity contribution in [3.8, 4) is 0 Å². The van der Waals surface area contributed by atoms with Gasteiger partial charge in [0.1, 0.15) is 0 Å². The van der Waals surface area contributed by atoms with Crippen molar-refractivity contribution in [1.29, 1.82) is 0 Å². The predicted molar refractivity (Wildman–Crippen MR) is 96.2 cm³/mol. The highest BCUT2D eigenvalue weighted by atomic mass is 16.6. The summed E-state index contributed by atoms with van der Waals surface area (Å²) in [5.74, 6) is 0. The van der Waals surface area contributed by atoms with Gasteiger partial charge in [0.25, 0.3) is 5.69 Å². The fourth-order valence-corrected chi connectivity index (χ4v) is 2.73. The minimum atomic E-state index is -0.372. The molecule has 0 saturated carbocycles. The number of nitro benzene ring substituents is 1. The molecule has 0 radical (unpaired) electrons. The molecule has 0 saturated heterocycles. The fraction of sp³-hybridized carbons (Fsp3) is 0.100.